The van der Waals surface area contributed by atoms with E-state index in [1.54, 1.807) is 22.2 Å². The van der Waals surface area contributed by atoms with E-state index in [0.29, 0.717) is 37.6 Å². The number of carbonyl (C=O) groups excluding carboxylic acids is 2. The van der Waals surface area contributed by atoms with Crippen molar-refractivity contribution in [3.05, 3.63) is 48.0 Å². The summed E-state index contributed by atoms with van der Waals surface area (Å²) in [6.07, 6.45) is 6.72. The normalized spacial score (nSPS) is 14.9. The number of rotatable bonds is 5. The molecule has 9 heteroatoms. The molecule has 2 amide bonds. The molecule has 0 saturated carbocycles. The van der Waals surface area contributed by atoms with Gasteiger partial charge in [0.25, 0.3) is 0 Å². The number of hydrogen-bond acceptors (Lipinski definition) is 7. The van der Waals surface area contributed by atoms with E-state index in [2.05, 4.69) is 29.0 Å². The fourth-order valence-electron chi connectivity index (χ4n) is 3.98. The predicted molar refractivity (Wildman–Crippen MR) is 133 cm³/mol. The Morgan fingerprint density at radius 3 is 2.50 bits per heavy atom. The summed E-state index contributed by atoms with van der Waals surface area (Å²) in [6.45, 7) is 9.03. The first-order valence-corrected chi connectivity index (χ1v) is 12.5. The summed E-state index contributed by atoms with van der Waals surface area (Å²) in [5, 5.41) is 0.673. The van der Waals surface area contributed by atoms with E-state index in [1.807, 2.05) is 26.8 Å². The van der Waals surface area contributed by atoms with Crippen LogP contribution in [-0.2, 0) is 22.5 Å². The summed E-state index contributed by atoms with van der Waals surface area (Å²) in [4.78, 5) is 42.6. The molecule has 3 aromatic rings. The van der Waals surface area contributed by atoms with E-state index in [4.69, 9.17) is 9.72 Å². The maximum absolute atomic E-state index is 13.7. The van der Waals surface area contributed by atoms with Crippen LogP contribution in [-0.4, -0.2) is 50.5 Å². The first kappa shape index (κ1) is 24.1. The van der Waals surface area contributed by atoms with Crippen molar-refractivity contribution in [2.75, 3.05) is 18.0 Å². The van der Waals surface area contributed by atoms with Crippen LogP contribution < -0.4 is 4.90 Å². The molecule has 8 nitrogen and oxygen atoms in total. The third-order valence-electron chi connectivity index (χ3n) is 5.80. The van der Waals surface area contributed by atoms with Gasteiger partial charge in [0.15, 0.2) is 5.13 Å². The number of likely N-dealkylation sites (tertiary alicyclic amines) is 1. The Labute approximate surface area is 204 Å². The number of anilines is 1. The first-order chi connectivity index (χ1) is 16.2. The summed E-state index contributed by atoms with van der Waals surface area (Å²) in [6, 6.07) is 6.24. The van der Waals surface area contributed by atoms with Crippen molar-refractivity contribution in [2.24, 2.45) is 5.92 Å². The van der Waals surface area contributed by atoms with Gasteiger partial charge in [0.2, 0.25) is 5.91 Å². The van der Waals surface area contributed by atoms with Gasteiger partial charge in [-0.3, -0.25) is 9.69 Å². The number of hydrogen-bond donors (Lipinski definition) is 0. The first-order valence-electron chi connectivity index (χ1n) is 11.7. The Hall–Kier alpha value is -3.07. The molecule has 0 bridgehead atoms. The largest absolute Gasteiger partial charge is 0.444 e. The lowest BCUT2D eigenvalue weighted by Crippen LogP contribution is -2.45. The molecule has 1 saturated heterocycles. The van der Waals surface area contributed by atoms with E-state index >= 15 is 0 Å². The second-order valence-corrected chi connectivity index (χ2v) is 10.6. The monoisotopic (exact) mass is 481 g/mol. The lowest BCUT2D eigenvalue weighted by molar-refractivity contribution is -0.124. The molecular formula is C25H31N5O3S. The van der Waals surface area contributed by atoms with Gasteiger partial charge in [0.05, 0.1) is 16.8 Å². The highest BCUT2D eigenvalue weighted by Crippen LogP contribution is 2.33. The zero-order valence-corrected chi connectivity index (χ0v) is 21.0. The number of fused-ring (bicyclic) bond motifs is 1. The zero-order chi connectivity index (χ0) is 24.3. The summed E-state index contributed by atoms with van der Waals surface area (Å²) in [7, 11) is 0. The van der Waals surface area contributed by atoms with Gasteiger partial charge in [0.1, 0.15) is 11.9 Å². The van der Waals surface area contributed by atoms with E-state index in [9.17, 15) is 9.59 Å². The average Bonchev–Trinajstić information content (AvgIpc) is 3.24. The quantitative estimate of drug-likeness (QED) is 0.519. The summed E-state index contributed by atoms with van der Waals surface area (Å²) in [5.41, 5.74) is 2.43. The van der Waals surface area contributed by atoms with Crippen molar-refractivity contribution in [2.45, 2.75) is 59.1 Å². The van der Waals surface area contributed by atoms with Crippen molar-refractivity contribution in [1.29, 1.82) is 0 Å². The minimum Gasteiger partial charge on any atom is -0.444 e. The van der Waals surface area contributed by atoms with Gasteiger partial charge in [-0.25, -0.2) is 19.7 Å². The van der Waals surface area contributed by atoms with E-state index in [1.165, 1.54) is 23.2 Å². The molecule has 0 unspecified atom stereocenters. The van der Waals surface area contributed by atoms with Gasteiger partial charge in [0, 0.05) is 37.0 Å². The number of ether oxygens (including phenoxy) is 1. The predicted octanol–water partition coefficient (Wildman–Crippen LogP) is 4.83. The molecule has 2 aromatic heterocycles. The number of nitrogens with zero attached hydrogens (tertiary/aromatic N) is 5. The van der Waals surface area contributed by atoms with Crippen LogP contribution in [0.4, 0.5) is 9.93 Å². The summed E-state index contributed by atoms with van der Waals surface area (Å²) in [5.74, 6) is -0.177. The van der Waals surface area contributed by atoms with Crippen LogP contribution in [0.25, 0.3) is 10.2 Å². The van der Waals surface area contributed by atoms with Crippen LogP contribution in [0, 0.1) is 5.92 Å². The molecule has 0 N–H and O–H groups in total. The molecule has 1 aliphatic heterocycles. The van der Waals surface area contributed by atoms with Crippen LogP contribution in [0.15, 0.2) is 36.9 Å². The molecule has 1 aliphatic rings. The number of amides is 2. The third-order valence-corrected chi connectivity index (χ3v) is 6.84. The highest BCUT2D eigenvalue weighted by atomic mass is 32.1. The molecule has 34 heavy (non-hydrogen) atoms. The molecule has 0 aliphatic carbocycles. The highest BCUT2D eigenvalue weighted by molar-refractivity contribution is 7.22. The van der Waals surface area contributed by atoms with Gasteiger partial charge < -0.3 is 9.64 Å². The molecule has 3 heterocycles. The van der Waals surface area contributed by atoms with Crippen LogP contribution >= 0.6 is 11.3 Å². The Morgan fingerprint density at radius 1 is 1.15 bits per heavy atom. The number of benzene rings is 1. The van der Waals surface area contributed by atoms with Crippen LogP contribution in [0.1, 0.15) is 51.7 Å². The molecular weight excluding hydrogens is 450 g/mol. The standard InChI is InChI=1S/C25H31N5O3S/c1-5-17-6-7-20-21(12-17)34-23(28-20)30(15-18-13-26-16-27-14-18)22(31)19-8-10-29(11-9-19)24(32)33-25(2,3)4/h6-7,12-14,16,19H,5,8-11,15H2,1-4H3. The number of aryl methyl sites for hydroxylation is 1. The molecule has 4 rings (SSSR count). The minimum atomic E-state index is -0.539. The smallest absolute Gasteiger partial charge is 0.410 e. The number of aromatic nitrogens is 3. The molecule has 180 valence electrons. The van der Waals surface area contributed by atoms with Gasteiger partial charge in [-0.15, -0.1) is 0 Å². The molecule has 0 atom stereocenters. The molecule has 0 spiro atoms. The van der Waals surface area contributed by atoms with Crippen molar-refractivity contribution >= 4 is 38.7 Å². The Morgan fingerprint density at radius 2 is 1.85 bits per heavy atom. The number of thiazole rings is 1. The van der Waals surface area contributed by atoms with Crippen molar-refractivity contribution in [1.82, 2.24) is 19.9 Å². The van der Waals surface area contributed by atoms with Crippen LogP contribution in [0.2, 0.25) is 0 Å². The fourth-order valence-corrected chi connectivity index (χ4v) is 5.02. The maximum Gasteiger partial charge on any atom is 0.410 e. The summed E-state index contributed by atoms with van der Waals surface area (Å²) < 4.78 is 6.56. The van der Waals surface area contributed by atoms with Crippen LogP contribution in [0.3, 0.4) is 0 Å². The van der Waals surface area contributed by atoms with Crippen molar-refractivity contribution < 1.29 is 14.3 Å². The third kappa shape index (κ3) is 5.70. The molecule has 1 aromatic carbocycles. The second kappa shape index (κ2) is 10.0. The molecule has 0 radical (unpaired) electrons. The Bertz CT molecular complexity index is 1150. The SMILES string of the molecule is CCc1ccc2nc(N(Cc3cncnc3)C(=O)C3CCN(C(=O)OC(C)(C)C)CC3)sc2c1. The highest BCUT2D eigenvalue weighted by Gasteiger charge is 2.33. The number of piperidine rings is 1. The van der Waals surface area contributed by atoms with Crippen molar-refractivity contribution in [3.63, 3.8) is 0 Å². The Balaban J connectivity index is 1.54. The van der Waals surface area contributed by atoms with E-state index in [-0.39, 0.29) is 17.9 Å². The van der Waals surface area contributed by atoms with E-state index < -0.39 is 5.60 Å². The Kier molecular flexibility index (Phi) is 7.11. The van der Waals surface area contributed by atoms with E-state index in [0.717, 1.165) is 22.2 Å². The van der Waals surface area contributed by atoms with Crippen LogP contribution in [0.5, 0.6) is 0 Å². The van der Waals surface area contributed by atoms with Gasteiger partial charge in [-0.05, 0) is 57.7 Å². The molecule has 1 fully saturated rings. The van der Waals surface area contributed by atoms with Gasteiger partial charge in [-0.2, -0.15) is 0 Å². The second-order valence-electron chi connectivity index (χ2n) is 9.56. The van der Waals surface area contributed by atoms with Gasteiger partial charge in [-0.1, -0.05) is 24.3 Å². The van der Waals surface area contributed by atoms with Crippen molar-refractivity contribution in [3.8, 4) is 0 Å². The number of carbonyl (C=O) groups is 2. The minimum absolute atomic E-state index is 0.0162. The lowest BCUT2D eigenvalue weighted by Gasteiger charge is -2.34. The average molecular weight is 482 g/mol. The summed E-state index contributed by atoms with van der Waals surface area (Å²) >= 11 is 1.53. The zero-order valence-electron chi connectivity index (χ0n) is 20.2. The maximum atomic E-state index is 13.7. The van der Waals surface area contributed by atoms with Gasteiger partial charge >= 0.3 is 6.09 Å². The topological polar surface area (TPSA) is 88.5 Å². The lowest BCUT2D eigenvalue weighted by atomic mass is 9.95. The fraction of sp³-hybridized carbons (Fsp3) is 0.480.